The zero-order valence-electron chi connectivity index (χ0n) is 11.0. The Balaban J connectivity index is 1.86. The van der Waals surface area contributed by atoms with Gasteiger partial charge in [-0.3, -0.25) is 0 Å². The van der Waals surface area contributed by atoms with Crippen molar-refractivity contribution >= 4 is 23.0 Å². The first-order chi connectivity index (χ1) is 9.74. The molecule has 3 nitrogen and oxygen atoms in total. The number of halogens is 1. The fourth-order valence-corrected chi connectivity index (χ4v) is 2.18. The SMILES string of the molecule is Cc1c(Cl)cccc1Nc1cnn(-c2ccccc2)c1. The fraction of sp³-hybridized carbons (Fsp3) is 0.0625. The Kier molecular flexibility index (Phi) is 3.44. The Morgan fingerprint density at radius 3 is 2.65 bits per heavy atom. The Hall–Kier alpha value is -2.26. The summed E-state index contributed by atoms with van der Waals surface area (Å²) in [5.74, 6) is 0. The van der Waals surface area contributed by atoms with E-state index in [9.17, 15) is 0 Å². The third-order valence-corrected chi connectivity index (χ3v) is 3.56. The first-order valence-electron chi connectivity index (χ1n) is 6.36. The Morgan fingerprint density at radius 1 is 1.05 bits per heavy atom. The third kappa shape index (κ3) is 2.53. The lowest BCUT2D eigenvalue weighted by Crippen LogP contribution is -1.94. The molecule has 0 saturated heterocycles. The van der Waals surface area contributed by atoms with Gasteiger partial charge in [-0.15, -0.1) is 0 Å². The summed E-state index contributed by atoms with van der Waals surface area (Å²) < 4.78 is 1.84. The van der Waals surface area contributed by atoms with Crippen LogP contribution in [0.4, 0.5) is 11.4 Å². The number of nitrogens with zero attached hydrogens (tertiary/aromatic N) is 2. The van der Waals surface area contributed by atoms with E-state index in [-0.39, 0.29) is 0 Å². The molecule has 1 aromatic heterocycles. The van der Waals surface area contributed by atoms with Gasteiger partial charge in [-0.2, -0.15) is 5.10 Å². The van der Waals surface area contributed by atoms with Gasteiger partial charge in [0.2, 0.25) is 0 Å². The van der Waals surface area contributed by atoms with Crippen molar-refractivity contribution < 1.29 is 0 Å². The molecule has 3 aromatic rings. The van der Waals surface area contributed by atoms with Gasteiger partial charge in [-0.05, 0) is 36.8 Å². The summed E-state index contributed by atoms with van der Waals surface area (Å²) in [5, 5.41) is 8.45. The van der Waals surface area contributed by atoms with Crippen LogP contribution >= 0.6 is 11.6 Å². The highest BCUT2D eigenvalue weighted by Crippen LogP contribution is 2.26. The van der Waals surface area contributed by atoms with Crippen molar-refractivity contribution in [3.05, 3.63) is 71.5 Å². The second kappa shape index (κ2) is 5.39. The molecule has 20 heavy (non-hydrogen) atoms. The van der Waals surface area contributed by atoms with Crippen LogP contribution in [0.1, 0.15) is 5.56 Å². The number of nitrogens with one attached hydrogen (secondary N) is 1. The lowest BCUT2D eigenvalue weighted by atomic mass is 10.2. The molecular weight excluding hydrogens is 270 g/mol. The molecule has 0 aliphatic carbocycles. The monoisotopic (exact) mass is 283 g/mol. The summed E-state index contributed by atoms with van der Waals surface area (Å²) in [7, 11) is 0. The molecule has 100 valence electrons. The Morgan fingerprint density at radius 2 is 1.85 bits per heavy atom. The van der Waals surface area contributed by atoms with E-state index in [1.807, 2.05) is 66.3 Å². The quantitative estimate of drug-likeness (QED) is 0.762. The van der Waals surface area contributed by atoms with Crippen LogP contribution < -0.4 is 5.32 Å². The fourth-order valence-electron chi connectivity index (χ4n) is 2.01. The summed E-state index contributed by atoms with van der Waals surface area (Å²) >= 11 is 6.12. The second-order valence-corrected chi connectivity index (χ2v) is 4.95. The maximum Gasteiger partial charge on any atom is 0.0775 e. The number of hydrogen-bond donors (Lipinski definition) is 1. The predicted molar refractivity (Wildman–Crippen MR) is 83.0 cm³/mol. The molecule has 4 heteroatoms. The number of benzene rings is 2. The van der Waals surface area contributed by atoms with Crippen LogP contribution in [0.2, 0.25) is 5.02 Å². The molecule has 2 aromatic carbocycles. The smallest absolute Gasteiger partial charge is 0.0775 e. The molecule has 1 heterocycles. The maximum absolute atomic E-state index is 6.12. The van der Waals surface area contributed by atoms with Gasteiger partial charge < -0.3 is 5.32 Å². The molecule has 0 spiro atoms. The highest BCUT2D eigenvalue weighted by atomic mass is 35.5. The highest BCUT2D eigenvalue weighted by molar-refractivity contribution is 6.31. The number of hydrogen-bond acceptors (Lipinski definition) is 2. The van der Waals surface area contributed by atoms with E-state index in [4.69, 9.17) is 11.6 Å². The van der Waals surface area contributed by atoms with Gasteiger partial charge in [-0.25, -0.2) is 4.68 Å². The summed E-state index contributed by atoms with van der Waals surface area (Å²) in [6, 6.07) is 15.8. The minimum atomic E-state index is 0.755. The zero-order valence-corrected chi connectivity index (χ0v) is 11.8. The van der Waals surface area contributed by atoms with Gasteiger partial charge in [0.25, 0.3) is 0 Å². The molecule has 0 bridgehead atoms. The van der Waals surface area contributed by atoms with Crippen molar-refractivity contribution in [3.63, 3.8) is 0 Å². The summed E-state index contributed by atoms with van der Waals surface area (Å²) in [4.78, 5) is 0. The molecule has 0 saturated carbocycles. The van der Waals surface area contributed by atoms with Crippen LogP contribution in [0, 0.1) is 6.92 Å². The standard InChI is InChI=1S/C16H14ClN3/c1-12-15(17)8-5-9-16(12)19-13-10-18-20(11-13)14-6-3-2-4-7-14/h2-11,19H,1H3. The first-order valence-corrected chi connectivity index (χ1v) is 6.74. The molecule has 0 fully saturated rings. The van der Waals surface area contributed by atoms with E-state index in [1.54, 1.807) is 6.20 Å². The summed E-state index contributed by atoms with van der Waals surface area (Å²) in [6.45, 7) is 1.99. The van der Waals surface area contributed by atoms with Gasteiger partial charge in [0, 0.05) is 10.7 Å². The number of anilines is 2. The molecule has 0 atom stereocenters. The van der Waals surface area contributed by atoms with Crippen LogP contribution in [0.15, 0.2) is 60.9 Å². The molecule has 0 aliphatic heterocycles. The van der Waals surface area contributed by atoms with E-state index >= 15 is 0 Å². The maximum atomic E-state index is 6.12. The Bertz CT molecular complexity index is 720. The minimum absolute atomic E-state index is 0.755. The molecule has 1 N–H and O–H groups in total. The normalized spacial score (nSPS) is 10.5. The van der Waals surface area contributed by atoms with Crippen molar-refractivity contribution in [3.8, 4) is 5.69 Å². The number of rotatable bonds is 3. The molecule has 0 aliphatic rings. The molecule has 0 unspecified atom stereocenters. The lowest BCUT2D eigenvalue weighted by molar-refractivity contribution is 0.881. The van der Waals surface area contributed by atoms with Crippen LogP contribution in [0.3, 0.4) is 0 Å². The molecule has 0 amide bonds. The van der Waals surface area contributed by atoms with Crippen LogP contribution in [0.5, 0.6) is 0 Å². The lowest BCUT2D eigenvalue weighted by Gasteiger charge is -2.08. The van der Waals surface area contributed by atoms with Gasteiger partial charge >= 0.3 is 0 Å². The second-order valence-electron chi connectivity index (χ2n) is 4.55. The Labute approximate surface area is 122 Å². The van der Waals surface area contributed by atoms with Crippen LogP contribution in [-0.4, -0.2) is 9.78 Å². The summed E-state index contributed by atoms with van der Waals surface area (Å²) in [6.07, 6.45) is 3.75. The van der Waals surface area contributed by atoms with Crippen molar-refractivity contribution in [2.75, 3.05) is 5.32 Å². The van der Waals surface area contributed by atoms with Crippen molar-refractivity contribution in [1.29, 1.82) is 0 Å². The average Bonchev–Trinajstić information content (AvgIpc) is 2.93. The van der Waals surface area contributed by atoms with Crippen LogP contribution in [-0.2, 0) is 0 Å². The predicted octanol–water partition coefficient (Wildman–Crippen LogP) is 4.58. The van der Waals surface area contributed by atoms with E-state index in [0.717, 1.165) is 27.6 Å². The van der Waals surface area contributed by atoms with Gasteiger partial charge in [-0.1, -0.05) is 35.9 Å². The van der Waals surface area contributed by atoms with Crippen molar-refractivity contribution in [2.45, 2.75) is 6.92 Å². The average molecular weight is 284 g/mol. The van der Waals surface area contributed by atoms with E-state index in [1.165, 1.54) is 0 Å². The van der Waals surface area contributed by atoms with Gasteiger partial charge in [0.1, 0.15) is 0 Å². The van der Waals surface area contributed by atoms with Crippen molar-refractivity contribution in [2.24, 2.45) is 0 Å². The van der Waals surface area contributed by atoms with Crippen molar-refractivity contribution in [1.82, 2.24) is 9.78 Å². The van der Waals surface area contributed by atoms with Gasteiger partial charge in [0.15, 0.2) is 0 Å². The number of aromatic nitrogens is 2. The van der Waals surface area contributed by atoms with E-state index in [0.29, 0.717) is 0 Å². The van der Waals surface area contributed by atoms with Crippen LogP contribution in [0.25, 0.3) is 5.69 Å². The molecule has 0 radical (unpaired) electrons. The van der Waals surface area contributed by atoms with E-state index in [2.05, 4.69) is 10.4 Å². The topological polar surface area (TPSA) is 29.9 Å². The van der Waals surface area contributed by atoms with Gasteiger partial charge in [0.05, 0.1) is 23.8 Å². The minimum Gasteiger partial charge on any atom is -0.353 e. The number of para-hydroxylation sites is 1. The van der Waals surface area contributed by atoms with E-state index < -0.39 is 0 Å². The zero-order chi connectivity index (χ0) is 13.9. The third-order valence-electron chi connectivity index (χ3n) is 3.15. The largest absolute Gasteiger partial charge is 0.353 e. The highest BCUT2D eigenvalue weighted by Gasteiger charge is 2.04. The molecular formula is C16H14ClN3. The summed E-state index contributed by atoms with van der Waals surface area (Å²) in [5.41, 5.74) is 3.98. The first kappa shape index (κ1) is 12.8. The molecule has 3 rings (SSSR count).